The van der Waals surface area contributed by atoms with Crippen LogP contribution < -0.4 is 9.47 Å². The zero-order valence-corrected chi connectivity index (χ0v) is 22.7. The Morgan fingerprint density at radius 1 is 1.00 bits per heavy atom. The van der Waals surface area contributed by atoms with Gasteiger partial charge in [-0.05, 0) is 80.9 Å². The zero-order valence-electron chi connectivity index (χ0n) is 21.8. The van der Waals surface area contributed by atoms with Gasteiger partial charge in [-0.25, -0.2) is 0 Å². The summed E-state index contributed by atoms with van der Waals surface area (Å²) in [5, 5.41) is 11.6. The number of thioether (sulfide) groups is 1. The Hall–Kier alpha value is -3.53. The molecule has 1 aromatic heterocycles. The molecule has 3 aromatic carbocycles. The van der Waals surface area contributed by atoms with E-state index in [0.29, 0.717) is 6.42 Å². The van der Waals surface area contributed by atoms with Gasteiger partial charge in [0.1, 0.15) is 21.8 Å². The molecule has 0 aliphatic carbocycles. The van der Waals surface area contributed by atoms with Crippen molar-refractivity contribution in [3.63, 3.8) is 0 Å². The second-order valence-electron chi connectivity index (χ2n) is 9.10. The van der Waals surface area contributed by atoms with Gasteiger partial charge in [0.2, 0.25) is 0 Å². The highest BCUT2D eigenvalue weighted by Gasteiger charge is 2.34. The van der Waals surface area contributed by atoms with Gasteiger partial charge in [0, 0.05) is 22.5 Å². The van der Waals surface area contributed by atoms with E-state index in [4.69, 9.17) is 9.47 Å². The van der Waals surface area contributed by atoms with Crippen molar-refractivity contribution in [1.82, 2.24) is 9.88 Å². The number of fused-ring (bicyclic) bond motifs is 1. The number of ether oxygens (including phenoxy) is 2. The van der Waals surface area contributed by atoms with Gasteiger partial charge in [0.25, 0.3) is 0 Å². The van der Waals surface area contributed by atoms with E-state index in [9.17, 15) is 5.26 Å². The topological polar surface area (TPSA) is 58.4 Å². The summed E-state index contributed by atoms with van der Waals surface area (Å²) >= 11 is 1.61. The summed E-state index contributed by atoms with van der Waals surface area (Å²) in [6.07, 6.45) is 3.36. The highest BCUT2D eigenvalue weighted by molar-refractivity contribution is 8.00. The van der Waals surface area contributed by atoms with Crippen LogP contribution in [0.4, 0.5) is 0 Å². The van der Waals surface area contributed by atoms with Gasteiger partial charge in [-0.3, -0.25) is 9.88 Å². The summed E-state index contributed by atoms with van der Waals surface area (Å²) < 4.78 is 10.3. The van der Waals surface area contributed by atoms with Crippen LogP contribution in [0.2, 0.25) is 0 Å². The molecule has 0 spiro atoms. The predicted molar refractivity (Wildman–Crippen MR) is 151 cm³/mol. The van der Waals surface area contributed by atoms with Crippen molar-refractivity contribution in [2.75, 3.05) is 27.8 Å². The third-order valence-electron chi connectivity index (χ3n) is 6.89. The summed E-state index contributed by atoms with van der Waals surface area (Å²) in [6, 6.07) is 29.1. The first-order valence-corrected chi connectivity index (χ1v) is 13.2. The zero-order chi connectivity index (χ0) is 26.3. The van der Waals surface area contributed by atoms with Gasteiger partial charge in [0.15, 0.2) is 0 Å². The Kier molecular flexibility index (Phi) is 8.70. The predicted octanol–water partition coefficient (Wildman–Crippen LogP) is 7.24. The molecule has 0 amide bonds. The second kappa shape index (κ2) is 12.1. The SMILES string of the molecule is COc1cccc(C(C#N)(CCCN(C)C(C)c2ccc(OC)c3ncccc23)Sc2ccccc2)c1. The van der Waals surface area contributed by atoms with Crippen LogP contribution in [0, 0.1) is 11.3 Å². The average molecular weight is 512 g/mol. The average Bonchev–Trinajstić information content (AvgIpc) is 2.96. The molecule has 190 valence electrons. The van der Waals surface area contributed by atoms with Crippen molar-refractivity contribution >= 4 is 22.7 Å². The van der Waals surface area contributed by atoms with Gasteiger partial charge < -0.3 is 9.47 Å². The van der Waals surface area contributed by atoms with Gasteiger partial charge in [-0.1, -0.05) is 54.2 Å². The van der Waals surface area contributed by atoms with Crippen molar-refractivity contribution in [1.29, 1.82) is 5.26 Å². The van der Waals surface area contributed by atoms with Crippen LogP contribution in [0.15, 0.2) is 90.0 Å². The molecule has 0 saturated heterocycles. The Morgan fingerprint density at radius 3 is 2.54 bits per heavy atom. The molecule has 4 rings (SSSR count). The number of nitrogens with zero attached hydrogens (tertiary/aromatic N) is 3. The number of hydrogen-bond acceptors (Lipinski definition) is 6. The van der Waals surface area contributed by atoms with E-state index in [1.807, 2.05) is 54.6 Å². The molecule has 0 N–H and O–H groups in total. The second-order valence-corrected chi connectivity index (χ2v) is 10.5. The van der Waals surface area contributed by atoms with Crippen molar-refractivity contribution in [2.24, 2.45) is 0 Å². The first-order valence-electron chi connectivity index (χ1n) is 12.4. The molecule has 0 aliphatic rings. The van der Waals surface area contributed by atoms with Crippen LogP contribution in [0.25, 0.3) is 10.9 Å². The Balaban J connectivity index is 1.55. The van der Waals surface area contributed by atoms with Crippen molar-refractivity contribution < 1.29 is 9.47 Å². The molecule has 6 heteroatoms. The Labute approximate surface area is 224 Å². The fraction of sp³-hybridized carbons (Fsp3) is 0.290. The molecule has 2 unspecified atom stereocenters. The molecular weight excluding hydrogens is 478 g/mol. The van der Waals surface area contributed by atoms with Crippen LogP contribution in [-0.4, -0.2) is 37.7 Å². The number of nitriles is 1. The smallest absolute Gasteiger partial charge is 0.145 e. The van der Waals surface area contributed by atoms with E-state index in [-0.39, 0.29) is 6.04 Å². The largest absolute Gasteiger partial charge is 0.497 e. The maximum atomic E-state index is 10.5. The van der Waals surface area contributed by atoms with Gasteiger partial charge in [-0.15, -0.1) is 0 Å². The van der Waals surface area contributed by atoms with Gasteiger partial charge >= 0.3 is 0 Å². The van der Waals surface area contributed by atoms with E-state index >= 15 is 0 Å². The Bertz CT molecular complexity index is 1370. The maximum absolute atomic E-state index is 10.5. The fourth-order valence-electron chi connectivity index (χ4n) is 4.67. The van der Waals surface area contributed by atoms with E-state index in [0.717, 1.165) is 45.8 Å². The maximum Gasteiger partial charge on any atom is 0.145 e. The van der Waals surface area contributed by atoms with E-state index in [1.165, 1.54) is 5.56 Å². The summed E-state index contributed by atoms with van der Waals surface area (Å²) in [4.78, 5) is 7.97. The molecule has 5 nitrogen and oxygen atoms in total. The molecule has 1 heterocycles. The molecule has 2 atom stereocenters. The van der Waals surface area contributed by atoms with Gasteiger partial charge in [-0.2, -0.15) is 5.26 Å². The molecule has 0 aliphatic heterocycles. The number of benzene rings is 3. The van der Waals surface area contributed by atoms with E-state index in [2.05, 4.69) is 54.2 Å². The lowest BCUT2D eigenvalue weighted by Gasteiger charge is -2.30. The number of aromatic nitrogens is 1. The number of hydrogen-bond donors (Lipinski definition) is 0. The summed E-state index contributed by atoms with van der Waals surface area (Å²) in [7, 11) is 5.48. The fourth-order valence-corrected chi connectivity index (χ4v) is 5.90. The molecule has 0 radical (unpaired) electrons. The lowest BCUT2D eigenvalue weighted by molar-refractivity contribution is 0.255. The molecule has 0 saturated carbocycles. The van der Waals surface area contributed by atoms with Crippen LogP contribution >= 0.6 is 11.8 Å². The van der Waals surface area contributed by atoms with Crippen molar-refractivity contribution in [3.05, 3.63) is 96.2 Å². The van der Waals surface area contributed by atoms with Crippen molar-refractivity contribution in [2.45, 2.75) is 35.4 Å². The first kappa shape index (κ1) is 26.5. The summed E-state index contributed by atoms with van der Waals surface area (Å²) in [6.45, 7) is 3.06. The first-order chi connectivity index (χ1) is 18.0. The quantitative estimate of drug-likeness (QED) is 0.198. The minimum absolute atomic E-state index is 0.174. The molecule has 4 aromatic rings. The van der Waals surface area contributed by atoms with E-state index in [1.54, 1.807) is 32.2 Å². The molecule has 0 fully saturated rings. The highest BCUT2D eigenvalue weighted by Crippen LogP contribution is 2.45. The normalized spacial score (nSPS) is 13.6. The summed E-state index contributed by atoms with van der Waals surface area (Å²) in [5.41, 5.74) is 3.05. The standard InChI is InChI=1S/C31H33N3O2S/c1-23(27-16-17-29(36-4)30-28(27)15-9-19-33-30)34(2)20-10-18-31(22-32,37-26-13-6-5-7-14-26)24-11-8-12-25(21-24)35-3/h5-9,11-17,19,21,23H,10,18,20H2,1-4H3. The molecule has 37 heavy (non-hydrogen) atoms. The van der Waals surface area contributed by atoms with Crippen LogP contribution in [0.3, 0.4) is 0 Å². The number of methoxy groups -OCH3 is 2. The summed E-state index contributed by atoms with van der Waals surface area (Å²) in [5.74, 6) is 1.54. The molecule has 0 bridgehead atoms. The van der Waals surface area contributed by atoms with Gasteiger partial charge in [0.05, 0.1) is 20.3 Å². The minimum atomic E-state index is -0.725. The van der Waals surface area contributed by atoms with Crippen LogP contribution in [-0.2, 0) is 4.75 Å². The van der Waals surface area contributed by atoms with Crippen molar-refractivity contribution in [3.8, 4) is 17.6 Å². The monoisotopic (exact) mass is 511 g/mol. The molecular formula is C31H33N3O2S. The number of rotatable bonds is 11. The third-order valence-corrected chi connectivity index (χ3v) is 8.28. The highest BCUT2D eigenvalue weighted by atomic mass is 32.2. The lowest BCUT2D eigenvalue weighted by Crippen LogP contribution is -2.27. The third kappa shape index (κ3) is 5.90. The minimum Gasteiger partial charge on any atom is -0.497 e. The number of pyridine rings is 1. The van der Waals surface area contributed by atoms with E-state index < -0.39 is 4.75 Å². The lowest BCUT2D eigenvalue weighted by atomic mass is 9.93. The van der Waals surface area contributed by atoms with Crippen LogP contribution in [0.5, 0.6) is 11.5 Å². The Morgan fingerprint density at radius 2 is 1.81 bits per heavy atom. The van der Waals surface area contributed by atoms with Crippen LogP contribution in [0.1, 0.15) is 36.9 Å².